The van der Waals surface area contributed by atoms with Gasteiger partial charge in [0.05, 0.1) is 11.6 Å². The Hall–Kier alpha value is -1.75. The van der Waals surface area contributed by atoms with Gasteiger partial charge >= 0.3 is 0 Å². The lowest BCUT2D eigenvalue weighted by atomic mass is 9.86. The largest absolute Gasteiger partial charge is 0.383 e. The second-order valence-corrected chi connectivity index (χ2v) is 7.31. The molecule has 5 nitrogen and oxygen atoms in total. The Kier molecular flexibility index (Phi) is 3.48. The van der Waals surface area contributed by atoms with Gasteiger partial charge in [0.2, 0.25) is 0 Å². The predicted octanol–water partition coefficient (Wildman–Crippen LogP) is 3.33. The number of anilines is 1. The maximum atomic E-state index is 13.1. The molecule has 23 heavy (non-hydrogen) atoms. The van der Waals surface area contributed by atoms with E-state index in [-0.39, 0.29) is 11.8 Å². The predicted molar refractivity (Wildman–Crippen MR) is 89.9 cm³/mol. The van der Waals surface area contributed by atoms with Gasteiger partial charge in [-0.3, -0.25) is 4.79 Å². The number of aromatic amines is 1. The maximum Gasteiger partial charge on any atom is 0.256 e. The first kappa shape index (κ1) is 14.8. The zero-order valence-corrected chi connectivity index (χ0v) is 14.0. The van der Waals surface area contributed by atoms with Crippen molar-refractivity contribution in [3.05, 3.63) is 33.7 Å². The number of carbonyl (C=O) groups is 1. The van der Waals surface area contributed by atoms with Crippen LogP contribution < -0.4 is 5.73 Å². The number of H-pyrrole nitrogens is 1. The number of fused-ring (bicyclic) bond motifs is 2. The van der Waals surface area contributed by atoms with E-state index in [0.717, 1.165) is 61.0 Å². The number of nitrogens with zero attached hydrogens (tertiary/aromatic N) is 2. The van der Waals surface area contributed by atoms with Gasteiger partial charge in [-0.25, -0.2) is 0 Å². The van der Waals surface area contributed by atoms with Gasteiger partial charge in [0.15, 0.2) is 0 Å². The molecule has 0 saturated carbocycles. The van der Waals surface area contributed by atoms with Crippen LogP contribution in [0.5, 0.6) is 0 Å². The van der Waals surface area contributed by atoms with Crippen molar-refractivity contribution in [1.82, 2.24) is 14.8 Å². The molecule has 2 aromatic rings. The van der Waals surface area contributed by atoms with Crippen LogP contribution in [0.4, 0.5) is 5.82 Å². The Bertz CT molecular complexity index is 776. The number of halogens is 1. The van der Waals surface area contributed by atoms with E-state index in [1.54, 1.807) is 0 Å². The molecule has 2 aromatic heterocycles. The van der Waals surface area contributed by atoms with Gasteiger partial charge in [-0.05, 0) is 56.1 Å². The number of hydrogen-bond donors (Lipinski definition) is 2. The molecule has 0 spiro atoms. The highest BCUT2D eigenvalue weighted by Crippen LogP contribution is 2.36. The van der Waals surface area contributed by atoms with E-state index in [0.29, 0.717) is 16.9 Å². The summed E-state index contributed by atoms with van der Waals surface area (Å²) in [4.78, 5) is 16.2. The third-order valence-electron chi connectivity index (χ3n) is 5.24. The van der Waals surface area contributed by atoms with E-state index < -0.39 is 0 Å². The fourth-order valence-electron chi connectivity index (χ4n) is 3.97. The van der Waals surface area contributed by atoms with Gasteiger partial charge in [-0.2, -0.15) is 9.78 Å². The van der Waals surface area contributed by atoms with Crippen molar-refractivity contribution in [3.8, 4) is 0 Å². The number of aryl methyl sites for hydroxylation is 2. The molecule has 0 aliphatic heterocycles. The number of nitrogens with two attached hydrogens (primary N) is 1. The third-order valence-corrected chi connectivity index (χ3v) is 5.44. The molecule has 0 fully saturated rings. The molecule has 2 atom stereocenters. The summed E-state index contributed by atoms with van der Waals surface area (Å²) in [6.45, 7) is 2.22. The Labute approximate surface area is 140 Å². The van der Waals surface area contributed by atoms with Crippen LogP contribution in [-0.4, -0.2) is 20.7 Å². The average Bonchev–Trinajstić information content (AvgIpc) is 3.06. The number of nitrogen functional groups attached to an aromatic ring is 1. The Balaban J connectivity index is 1.71. The number of carbonyl (C=O) groups excluding carboxylic acids is 1. The van der Waals surface area contributed by atoms with Crippen molar-refractivity contribution in [2.75, 3.05) is 5.73 Å². The molecule has 0 saturated heterocycles. The standard InChI is InChI=1S/C17H21ClN4O/c1-9-5-6-14-12(7-9)16(19)22(21-14)17(23)10-3-2-4-13-11(10)8-15(18)20-13/h8-10,20H,2-7,19H2,1H3/t9-,10+/m1/s1. The Morgan fingerprint density at radius 3 is 3.09 bits per heavy atom. The highest BCUT2D eigenvalue weighted by Gasteiger charge is 2.32. The molecule has 4 rings (SSSR count). The molecule has 122 valence electrons. The highest BCUT2D eigenvalue weighted by molar-refractivity contribution is 6.29. The monoisotopic (exact) mass is 332 g/mol. The van der Waals surface area contributed by atoms with Gasteiger partial charge in [0.25, 0.3) is 5.91 Å². The van der Waals surface area contributed by atoms with E-state index in [9.17, 15) is 4.79 Å². The topological polar surface area (TPSA) is 76.7 Å². The molecule has 0 amide bonds. The summed E-state index contributed by atoms with van der Waals surface area (Å²) in [5, 5.41) is 5.13. The fraction of sp³-hybridized carbons (Fsp3) is 0.529. The summed E-state index contributed by atoms with van der Waals surface area (Å²) in [6.07, 6.45) is 5.67. The lowest BCUT2D eigenvalue weighted by Gasteiger charge is -2.21. The van der Waals surface area contributed by atoms with Gasteiger partial charge in [0.1, 0.15) is 11.0 Å². The second-order valence-electron chi connectivity index (χ2n) is 6.90. The van der Waals surface area contributed by atoms with E-state index in [2.05, 4.69) is 17.0 Å². The summed E-state index contributed by atoms with van der Waals surface area (Å²) >= 11 is 6.08. The molecule has 2 aliphatic rings. The molecule has 0 radical (unpaired) electrons. The molecular weight excluding hydrogens is 312 g/mol. The van der Waals surface area contributed by atoms with Crippen LogP contribution in [-0.2, 0) is 19.3 Å². The lowest BCUT2D eigenvalue weighted by molar-refractivity contribution is 0.0854. The van der Waals surface area contributed by atoms with E-state index in [1.165, 1.54) is 4.68 Å². The van der Waals surface area contributed by atoms with Crippen LogP contribution in [0.3, 0.4) is 0 Å². The van der Waals surface area contributed by atoms with Crippen molar-refractivity contribution < 1.29 is 4.79 Å². The molecule has 0 bridgehead atoms. The summed E-state index contributed by atoms with van der Waals surface area (Å²) in [6, 6.07) is 1.88. The molecule has 3 N–H and O–H groups in total. The van der Waals surface area contributed by atoms with Crippen LogP contribution >= 0.6 is 11.6 Å². The van der Waals surface area contributed by atoms with Crippen LogP contribution in [0.1, 0.15) is 59.4 Å². The quantitative estimate of drug-likeness (QED) is 0.840. The minimum atomic E-state index is -0.205. The normalized spacial score (nSPS) is 23.4. The van der Waals surface area contributed by atoms with Gasteiger partial charge in [-0.15, -0.1) is 0 Å². The Morgan fingerprint density at radius 1 is 1.43 bits per heavy atom. The third kappa shape index (κ3) is 2.38. The van der Waals surface area contributed by atoms with E-state index in [4.69, 9.17) is 17.3 Å². The molecule has 6 heteroatoms. The first-order valence-electron chi connectivity index (χ1n) is 8.32. The SMILES string of the molecule is C[C@@H]1CCc2nn(C(=O)[C@H]3CCCc4[nH]c(Cl)cc43)c(N)c2C1. The average molecular weight is 333 g/mol. The van der Waals surface area contributed by atoms with Crippen molar-refractivity contribution >= 4 is 23.3 Å². The fourth-order valence-corrected chi connectivity index (χ4v) is 4.20. The smallest absolute Gasteiger partial charge is 0.256 e. The van der Waals surface area contributed by atoms with Crippen molar-refractivity contribution in [1.29, 1.82) is 0 Å². The minimum absolute atomic E-state index is 0.0267. The van der Waals surface area contributed by atoms with Gasteiger partial charge < -0.3 is 10.7 Å². The van der Waals surface area contributed by atoms with E-state index in [1.807, 2.05) is 6.07 Å². The zero-order chi connectivity index (χ0) is 16.1. The zero-order valence-electron chi connectivity index (χ0n) is 13.2. The van der Waals surface area contributed by atoms with Crippen molar-refractivity contribution in [3.63, 3.8) is 0 Å². The van der Waals surface area contributed by atoms with Gasteiger partial charge in [-0.1, -0.05) is 18.5 Å². The Morgan fingerprint density at radius 2 is 2.26 bits per heavy atom. The van der Waals surface area contributed by atoms with Crippen LogP contribution in [0, 0.1) is 5.92 Å². The van der Waals surface area contributed by atoms with Crippen LogP contribution in [0.25, 0.3) is 0 Å². The first-order valence-corrected chi connectivity index (χ1v) is 8.70. The molecule has 2 heterocycles. The summed E-state index contributed by atoms with van der Waals surface area (Å²) in [5.74, 6) is 0.900. The number of aromatic nitrogens is 3. The maximum absolute atomic E-state index is 13.1. The molecule has 0 aromatic carbocycles. The molecule has 2 aliphatic carbocycles. The van der Waals surface area contributed by atoms with E-state index >= 15 is 0 Å². The van der Waals surface area contributed by atoms with Crippen molar-refractivity contribution in [2.45, 2.75) is 51.4 Å². The first-order chi connectivity index (χ1) is 11.0. The second kappa shape index (κ2) is 5.41. The highest BCUT2D eigenvalue weighted by atomic mass is 35.5. The number of rotatable bonds is 1. The molecule has 0 unspecified atom stereocenters. The summed E-state index contributed by atoms with van der Waals surface area (Å²) < 4.78 is 1.45. The van der Waals surface area contributed by atoms with Crippen molar-refractivity contribution in [2.24, 2.45) is 5.92 Å². The molecular formula is C17H21ClN4O. The minimum Gasteiger partial charge on any atom is -0.383 e. The van der Waals surface area contributed by atoms with Gasteiger partial charge in [0, 0.05) is 11.3 Å². The van der Waals surface area contributed by atoms with Crippen LogP contribution in [0.2, 0.25) is 5.15 Å². The summed E-state index contributed by atoms with van der Waals surface area (Å²) in [7, 11) is 0. The number of hydrogen-bond acceptors (Lipinski definition) is 3. The lowest BCUT2D eigenvalue weighted by Crippen LogP contribution is -2.25. The number of nitrogens with one attached hydrogen (secondary N) is 1. The van der Waals surface area contributed by atoms with Crippen LogP contribution in [0.15, 0.2) is 6.07 Å². The summed E-state index contributed by atoms with van der Waals surface area (Å²) in [5.41, 5.74) is 10.4.